The second-order valence-corrected chi connectivity index (χ2v) is 8.53. The topological polar surface area (TPSA) is 64.0 Å². The Morgan fingerprint density at radius 3 is 2.48 bits per heavy atom. The molecule has 0 bridgehead atoms. The summed E-state index contributed by atoms with van der Waals surface area (Å²) in [5.41, 5.74) is 2.74. The highest BCUT2D eigenvalue weighted by Gasteiger charge is 2.13. The standard InChI is InChI=1S/C24H18BrN3O2S/c25-19-11-9-17(10-12-19)22(29)16-31-24-26-13-14-28(24)21-8-4-5-18(15-21)23(30)27-20-6-2-1-3-7-20/h1-15H,16H2,(H,27,30). The molecule has 1 aromatic heterocycles. The molecule has 0 spiro atoms. The van der Waals surface area contributed by atoms with E-state index in [0.29, 0.717) is 16.3 Å². The van der Waals surface area contributed by atoms with Crippen molar-refractivity contribution >= 4 is 45.1 Å². The number of nitrogens with one attached hydrogen (secondary N) is 1. The molecule has 0 saturated carbocycles. The summed E-state index contributed by atoms with van der Waals surface area (Å²) in [6.45, 7) is 0. The summed E-state index contributed by atoms with van der Waals surface area (Å²) in [5.74, 6) is 0.114. The highest BCUT2D eigenvalue weighted by molar-refractivity contribution is 9.10. The first-order chi connectivity index (χ1) is 15.1. The minimum atomic E-state index is -0.187. The Labute approximate surface area is 192 Å². The van der Waals surface area contributed by atoms with Crippen molar-refractivity contribution < 1.29 is 9.59 Å². The minimum absolute atomic E-state index is 0.0306. The van der Waals surface area contributed by atoms with E-state index in [4.69, 9.17) is 0 Å². The van der Waals surface area contributed by atoms with E-state index >= 15 is 0 Å². The second-order valence-electron chi connectivity index (χ2n) is 6.67. The number of amides is 1. The molecule has 31 heavy (non-hydrogen) atoms. The van der Waals surface area contributed by atoms with E-state index in [9.17, 15) is 9.59 Å². The molecule has 0 fully saturated rings. The highest BCUT2D eigenvalue weighted by Crippen LogP contribution is 2.23. The van der Waals surface area contributed by atoms with Crippen LogP contribution in [0.4, 0.5) is 5.69 Å². The number of carbonyl (C=O) groups is 2. The quantitative estimate of drug-likeness (QED) is 0.259. The van der Waals surface area contributed by atoms with E-state index in [2.05, 4.69) is 26.2 Å². The number of aromatic nitrogens is 2. The second kappa shape index (κ2) is 9.76. The number of ketones is 1. The first-order valence-electron chi connectivity index (χ1n) is 9.52. The molecule has 1 heterocycles. The summed E-state index contributed by atoms with van der Waals surface area (Å²) < 4.78 is 2.81. The number of imidazole rings is 1. The number of nitrogens with zero attached hydrogens (tertiary/aromatic N) is 2. The van der Waals surface area contributed by atoms with Crippen LogP contribution in [0, 0.1) is 0 Å². The average molecular weight is 492 g/mol. The van der Waals surface area contributed by atoms with Crippen molar-refractivity contribution in [1.82, 2.24) is 9.55 Å². The van der Waals surface area contributed by atoms with Crippen LogP contribution < -0.4 is 5.32 Å². The van der Waals surface area contributed by atoms with Crippen LogP contribution in [0.2, 0.25) is 0 Å². The molecule has 1 N–H and O–H groups in total. The summed E-state index contributed by atoms with van der Waals surface area (Å²) in [6, 6.07) is 23.9. The molecule has 0 unspecified atom stereocenters. The molecule has 0 aliphatic carbocycles. The Morgan fingerprint density at radius 1 is 0.935 bits per heavy atom. The van der Waals surface area contributed by atoms with Crippen LogP contribution in [0.5, 0.6) is 0 Å². The SMILES string of the molecule is O=C(CSc1nccn1-c1cccc(C(=O)Nc2ccccc2)c1)c1ccc(Br)cc1. The molecule has 5 nitrogen and oxygen atoms in total. The van der Waals surface area contributed by atoms with Gasteiger partial charge in [-0.3, -0.25) is 14.2 Å². The lowest BCUT2D eigenvalue weighted by Crippen LogP contribution is -2.12. The molecular formula is C24H18BrN3O2S. The third-order valence-corrected chi connectivity index (χ3v) is 6.02. The van der Waals surface area contributed by atoms with Crippen molar-refractivity contribution in [3.8, 4) is 5.69 Å². The van der Waals surface area contributed by atoms with Crippen molar-refractivity contribution in [2.24, 2.45) is 0 Å². The molecule has 3 aromatic carbocycles. The Kier molecular flexibility index (Phi) is 6.64. The zero-order valence-corrected chi connectivity index (χ0v) is 18.8. The van der Waals surface area contributed by atoms with Gasteiger partial charge in [-0.25, -0.2) is 4.98 Å². The van der Waals surface area contributed by atoms with Crippen LogP contribution in [-0.4, -0.2) is 27.0 Å². The van der Waals surface area contributed by atoms with Gasteiger partial charge in [0.2, 0.25) is 0 Å². The Morgan fingerprint density at radius 2 is 1.71 bits per heavy atom. The summed E-state index contributed by atoms with van der Waals surface area (Å²) in [5, 5.41) is 3.58. The lowest BCUT2D eigenvalue weighted by molar-refractivity contribution is 0.101. The third kappa shape index (κ3) is 5.31. The van der Waals surface area contributed by atoms with Gasteiger partial charge < -0.3 is 5.32 Å². The zero-order valence-electron chi connectivity index (χ0n) is 16.4. The van der Waals surface area contributed by atoms with E-state index < -0.39 is 0 Å². The fraction of sp³-hybridized carbons (Fsp3) is 0.0417. The summed E-state index contributed by atoms with van der Waals surface area (Å²) in [4.78, 5) is 29.5. The van der Waals surface area contributed by atoms with E-state index in [-0.39, 0.29) is 17.4 Å². The zero-order chi connectivity index (χ0) is 21.6. The lowest BCUT2D eigenvalue weighted by Gasteiger charge is -2.10. The number of para-hydroxylation sites is 1. The van der Waals surface area contributed by atoms with Crippen LogP contribution in [0.25, 0.3) is 5.69 Å². The van der Waals surface area contributed by atoms with Crippen LogP contribution in [0.15, 0.2) is 101 Å². The molecule has 0 saturated heterocycles. The Balaban J connectivity index is 1.48. The molecule has 0 aliphatic heterocycles. The van der Waals surface area contributed by atoms with Gasteiger partial charge in [0.1, 0.15) is 0 Å². The predicted octanol–water partition coefficient (Wildman–Crippen LogP) is 5.86. The maximum Gasteiger partial charge on any atom is 0.255 e. The van der Waals surface area contributed by atoms with Crippen LogP contribution in [0.3, 0.4) is 0 Å². The Hall–Kier alpha value is -3.16. The summed E-state index contributed by atoms with van der Waals surface area (Å²) in [6.07, 6.45) is 3.50. The fourth-order valence-corrected chi connectivity index (χ4v) is 4.10. The van der Waals surface area contributed by atoms with Gasteiger partial charge in [0.05, 0.1) is 5.75 Å². The van der Waals surface area contributed by atoms with Gasteiger partial charge >= 0.3 is 0 Å². The summed E-state index contributed by atoms with van der Waals surface area (Å²) >= 11 is 4.74. The number of Topliss-reactive ketones (excluding diaryl/α,β-unsaturated/α-hetero) is 1. The van der Waals surface area contributed by atoms with Crippen molar-refractivity contribution in [1.29, 1.82) is 0 Å². The van der Waals surface area contributed by atoms with Gasteiger partial charge in [-0.1, -0.05) is 64.1 Å². The molecule has 4 aromatic rings. The fourth-order valence-electron chi connectivity index (χ4n) is 2.96. The maximum atomic E-state index is 12.6. The van der Waals surface area contributed by atoms with E-state index in [0.717, 1.165) is 15.8 Å². The van der Waals surface area contributed by atoms with Gasteiger partial charge in [-0.05, 0) is 42.5 Å². The number of hydrogen-bond donors (Lipinski definition) is 1. The number of rotatable bonds is 7. The first kappa shape index (κ1) is 21.1. The number of anilines is 1. The van der Waals surface area contributed by atoms with Crippen molar-refractivity contribution in [3.05, 3.63) is 107 Å². The molecule has 7 heteroatoms. The largest absolute Gasteiger partial charge is 0.322 e. The number of benzene rings is 3. The van der Waals surface area contributed by atoms with Crippen LogP contribution in [0.1, 0.15) is 20.7 Å². The number of thioether (sulfide) groups is 1. The molecule has 0 radical (unpaired) electrons. The number of halogens is 1. The lowest BCUT2D eigenvalue weighted by atomic mass is 10.2. The van der Waals surface area contributed by atoms with Gasteiger partial charge in [0, 0.05) is 39.4 Å². The van der Waals surface area contributed by atoms with Crippen molar-refractivity contribution in [2.45, 2.75) is 5.16 Å². The molecule has 4 rings (SSSR count). The molecule has 0 atom stereocenters. The maximum absolute atomic E-state index is 12.6. The van der Waals surface area contributed by atoms with E-state index in [1.807, 2.05) is 65.4 Å². The normalized spacial score (nSPS) is 10.6. The molecular weight excluding hydrogens is 474 g/mol. The minimum Gasteiger partial charge on any atom is -0.322 e. The first-order valence-corrected chi connectivity index (χ1v) is 11.3. The van der Waals surface area contributed by atoms with E-state index in [1.165, 1.54) is 11.8 Å². The van der Waals surface area contributed by atoms with Gasteiger partial charge in [0.15, 0.2) is 10.9 Å². The van der Waals surface area contributed by atoms with E-state index in [1.54, 1.807) is 30.5 Å². The van der Waals surface area contributed by atoms with Gasteiger partial charge in [-0.2, -0.15) is 0 Å². The predicted molar refractivity (Wildman–Crippen MR) is 127 cm³/mol. The average Bonchev–Trinajstić information content (AvgIpc) is 3.27. The number of carbonyl (C=O) groups excluding carboxylic acids is 2. The van der Waals surface area contributed by atoms with Crippen molar-refractivity contribution in [3.63, 3.8) is 0 Å². The van der Waals surface area contributed by atoms with Crippen LogP contribution >= 0.6 is 27.7 Å². The third-order valence-electron chi connectivity index (χ3n) is 4.52. The summed E-state index contributed by atoms with van der Waals surface area (Å²) in [7, 11) is 0. The van der Waals surface area contributed by atoms with Gasteiger partial charge in [-0.15, -0.1) is 0 Å². The molecule has 154 valence electrons. The highest BCUT2D eigenvalue weighted by atomic mass is 79.9. The molecule has 0 aliphatic rings. The molecule has 1 amide bonds. The number of hydrogen-bond acceptors (Lipinski definition) is 4. The smallest absolute Gasteiger partial charge is 0.255 e. The van der Waals surface area contributed by atoms with Gasteiger partial charge in [0.25, 0.3) is 5.91 Å². The van der Waals surface area contributed by atoms with Crippen LogP contribution in [-0.2, 0) is 0 Å². The monoisotopic (exact) mass is 491 g/mol. The van der Waals surface area contributed by atoms with Crippen molar-refractivity contribution in [2.75, 3.05) is 11.1 Å². The Bertz CT molecular complexity index is 1210.